The number of alkyl halides is 1. The lowest BCUT2D eigenvalue weighted by molar-refractivity contribution is -0.149. The molecule has 28 heavy (non-hydrogen) atoms. The minimum absolute atomic E-state index is 0.100. The maximum absolute atomic E-state index is 12.5. The van der Waals surface area contributed by atoms with Crippen molar-refractivity contribution in [2.75, 3.05) is 0 Å². The Morgan fingerprint density at radius 1 is 1.14 bits per heavy atom. The molecule has 3 N–H and O–H groups in total. The number of nitrogens with zero attached hydrogens (tertiary/aromatic N) is 2. The van der Waals surface area contributed by atoms with Crippen LogP contribution in [0.5, 0.6) is 5.75 Å². The highest BCUT2D eigenvalue weighted by Crippen LogP contribution is 2.37. The summed E-state index contributed by atoms with van der Waals surface area (Å²) in [5.41, 5.74) is 4.81. The summed E-state index contributed by atoms with van der Waals surface area (Å²) < 4.78 is 0. The number of carbonyl (C=O) groups excluding carboxylic acids is 2. The van der Waals surface area contributed by atoms with Gasteiger partial charge in [0.1, 0.15) is 22.9 Å². The summed E-state index contributed by atoms with van der Waals surface area (Å²) >= 11 is 12.0. The van der Waals surface area contributed by atoms with Crippen LogP contribution in [0.2, 0.25) is 5.02 Å². The highest BCUT2D eigenvalue weighted by Gasteiger charge is 2.48. The van der Waals surface area contributed by atoms with E-state index >= 15 is 0 Å². The number of β-lactam (4-membered cyclic amide) rings is 1. The number of phenols is 1. The largest absolute Gasteiger partial charge is 0.508 e. The SMILES string of the molecule is O=C(NN1C(=O)[C@H](Cl)[C@H]1c1ccc(O)cc1)c1cc(-c2ccc(Cl)cc2)n[nH]1. The summed E-state index contributed by atoms with van der Waals surface area (Å²) in [4.78, 5) is 24.7. The van der Waals surface area contributed by atoms with E-state index in [9.17, 15) is 14.7 Å². The van der Waals surface area contributed by atoms with Crippen LogP contribution in [0.1, 0.15) is 22.1 Å². The van der Waals surface area contributed by atoms with Gasteiger partial charge in [-0.1, -0.05) is 35.9 Å². The van der Waals surface area contributed by atoms with Crippen LogP contribution in [0.4, 0.5) is 0 Å². The highest BCUT2D eigenvalue weighted by molar-refractivity contribution is 6.33. The van der Waals surface area contributed by atoms with Gasteiger partial charge in [0.2, 0.25) is 0 Å². The van der Waals surface area contributed by atoms with E-state index in [1.54, 1.807) is 42.5 Å². The lowest BCUT2D eigenvalue weighted by Gasteiger charge is -2.43. The van der Waals surface area contributed by atoms with Crippen molar-refractivity contribution in [2.24, 2.45) is 0 Å². The number of hydrogen-bond acceptors (Lipinski definition) is 4. The summed E-state index contributed by atoms with van der Waals surface area (Å²) in [6.07, 6.45) is 0. The molecule has 0 aliphatic carbocycles. The van der Waals surface area contributed by atoms with E-state index in [0.29, 0.717) is 16.3 Å². The molecule has 2 heterocycles. The van der Waals surface area contributed by atoms with Crippen LogP contribution in [0.25, 0.3) is 11.3 Å². The molecule has 0 bridgehead atoms. The first-order chi connectivity index (χ1) is 13.4. The van der Waals surface area contributed by atoms with Crippen LogP contribution >= 0.6 is 23.2 Å². The van der Waals surface area contributed by atoms with Gasteiger partial charge in [-0.05, 0) is 35.9 Å². The fourth-order valence-corrected chi connectivity index (χ4v) is 3.43. The Bertz CT molecular complexity index is 1030. The number of halogens is 2. The van der Waals surface area contributed by atoms with Crippen molar-refractivity contribution in [3.8, 4) is 17.0 Å². The van der Waals surface area contributed by atoms with Crippen LogP contribution in [-0.4, -0.2) is 37.5 Å². The molecule has 142 valence electrons. The molecule has 0 unspecified atom stereocenters. The molecule has 1 aliphatic heterocycles. The number of benzene rings is 2. The first kappa shape index (κ1) is 18.3. The second-order valence-corrected chi connectivity index (χ2v) is 7.17. The summed E-state index contributed by atoms with van der Waals surface area (Å²) in [7, 11) is 0. The van der Waals surface area contributed by atoms with Gasteiger partial charge >= 0.3 is 0 Å². The lowest BCUT2D eigenvalue weighted by Crippen LogP contribution is -2.63. The minimum Gasteiger partial charge on any atom is -0.508 e. The Labute approximate surface area is 169 Å². The molecule has 0 saturated carbocycles. The summed E-state index contributed by atoms with van der Waals surface area (Å²) in [6, 6.07) is 14.4. The number of H-pyrrole nitrogens is 1. The van der Waals surface area contributed by atoms with Crippen LogP contribution in [0.15, 0.2) is 54.6 Å². The number of amides is 2. The van der Waals surface area contributed by atoms with Gasteiger partial charge < -0.3 is 5.11 Å². The van der Waals surface area contributed by atoms with Gasteiger partial charge in [-0.2, -0.15) is 5.10 Å². The number of carbonyl (C=O) groups is 2. The van der Waals surface area contributed by atoms with Crippen LogP contribution in [-0.2, 0) is 4.79 Å². The second-order valence-electron chi connectivity index (χ2n) is 6.26. The third-order valence-electron chi connectivity index (χ3n) is 4.45. The van der Waals surface area contributed by atoms with Crippen molar-refractivity contribution in [1.29, 1.82) is 0 Å². The van der Waals surface area contributed by atoms with E-state index in [4.69, 9.17) is 23.2 Å². The maximum Gasteiger partial charge on any atom is 0.287 e. The molecule has 1 saturated heterocycles. The number of aromatic hydroxyl groups is 1. The Hall–Kier alpha value is -3.03. The molecule has 2 amide bonds. The topological polar surface area (TPSA) is 98.3 Å². The molecule has 0 radical (unpaired) electrons. The predicted molar refractivity (Wildman–Crippen MR) is 104 cm³/mol. The molecule has 1 aliphatic rings. The number of hydrogen-bond donors (Lipinski definition) is 3. The number of rotatable bonds is 4. The van der Waals surface area contributed by atoms with E-state index in [1.807, 2.05) is 0 Å². The van der Waals surface area contributed by atoms with Crippen molar-refractivity contribution in [3.05, 3.63) is 70.9 Å². The van der Waals surface area contributed by atoms with Crippen molar-refractivity contribution < 1.29 is 14.7 Å². The van der Waals surface area contributed by atoms with Gasteiger partial charge in [-0.3, -0.25) is 20.1 Å². The van der Waals surface area contributed by atoms with Crippen LogP contribution in [0.3, 0.4) is 0 Å². The van der Waals surface area contributed by atoms with Crippen molar-refractivity contribution in [2.45, 2.75) is 11.4 Å². The van der Waals surface area contributed by atoms with E-state index in [-0.39, 0.29) is 11.4 Å². The first-order valence-electron chi connectivity index (χ1n) is 8.32. The van der Waals surface area contributed by atoms with E-state index in [1.165, 1.54) is 17.1 Å². The third kappa shape index (κ3) is 3.30. The van der Waals surface area contributed by atoms with Crippen molar-refractivity contribution in [1.82, 2.24) is 20.6 Å². The summed E-state index contributed by atoms with van der Waals surface area (Å²) in [5, 5.41) is 17.2. The van der Waals surface area contributed by atoms with Crippen molar-refractivity contribution >= 4 is 35.0 Å². The number of aromatic amines is 1. The molecule has 4 rings (SSSR count). The minimum atomic E-state index is -0.795. The normalized spacial score (nSPS) is 18.6. The van der Waals surface area contributed by atoms with Gasteiger partial charge in [-0.25, -0.2) is 5.01 Å². The molecule has 2 aromatic carbocycles. The maximum atomic E-state index is 12.5. The zero-order valence-corrected chi connectivity index (χ0v) is 15.8. The number of aromatic nitrogens is 2. The monoisotopic (exact) mass is 416 g/mol. The Morgan fingerprint density at radius 3 is 2.50 bits per heavy atom. The molecule has 1 aromatic heterocycles. The number of hydrazine groups is 1. The molecule has 0 spiro atoms. The lowest BCUT2D eigenvalue weighted by atomic mass is 9.95. The fraction of sp³-hybridized carbons (Fsp3) is 0.105. The van der Waals surface area contributed by atoms with Gasteiger partial charge in [-0.15, -0.1) is 11.6 Å². The van der Waals surface area contributed by atoms with Gasteiger partial charge in [0.15, 0.2) is 0 Å². The number of nitrogens with one attached hydrogen (secondary N) is 2. The van der Waals surface area contributed by atoms with Gasteiger partial charge in [0.05, 0.1) is 5.69 Å². The Morgan fingerprint density at radius 2 is 1.82 bits per heavy atom. The predicted octanol–water partition coefficient (Wildman–Crippen LogP) is 3.27. The standard InChI is InChI=1S/C19H14Cl2N4O3/c20-12-5-1-10(2-6-12)14-9-15(23-22-14)18(27)24-25-17(16(21)19(25)28)11-3-7-13(26)8-4-11/h1-9,16-17,26H,(H,22,23)(H,24,27)/t16-,17-/m1/s1. The van der Waals surface area contributed by atoms with Gasteiger partial charge in [0, 0.05) is 10.6 Å². The fourth-order valence-electron chi connectivity index (χ4n) is 2.94. The summed E-state index contributed by atoms with van der Waals surface area (Å²) in [5.74, 6) is -0.831. The van der Waals surface area contributed by atoms with E-state index < -0.39 is 23.2 Å². The quantitative estimate of drug-likeness (QED) is 0.448. The smallest absolute Gasteiger partial charge is 0.287 e. The molecule has 7 nitrogen and oxygen atoms in total. The zero-order chi connectivity index (χ0) is 19.8. The average Bonchev–Trinajstić information content (AvgIpc) is 3.19. The van der Waals surface area contributed by atoms with Gasteiger partial charge in [0.25, 0.3) is 11.8 Å². The number of phenolic OH excluding ortho intramolecular Hbond substituents is 1. The highest BCUT2D eigenvalue weighted by atomic mass is 35.5. The van der Waals surface area contributed by atoms with Crippen LogP contribution < -0.4 is 5.43 Å². The molecule has 9 heteroatoms. The molecule has 2 atom stereocenters. The van der Waals surface area contributed by atoms with E-state index in [2.05, 4.69) is 15.6 Å². The Balaban J connectivity index is 1.50. The first-order valence-corrected chi connectivity index (χ1v) is 9.14. The molecule has 3 aromatic rings. The second kappa shape index (κ2) is 7.18. The third-order valence-corrected chi connectivity index (χ3v) is 5.13. The average molecular weight is 417 g/mol. The van der Waals surface area contributed by atoms with Crippen molar-refractivity contribution in [3.63, 3.8) is 0 Å². The molecule has 1 fully saturated rings. The summed E-state index contributed by atoms with van der Waals surface area (Å²) in [6.45, 7) is 0. The molecular weight excluding hydrogens is 403 g/mol. The van der Waals surface area contributed by atoms with E-state index in [0.717, 1.165) is 5.56 Å². The molecular formula is C19H14Cl2N4O3. The van der Waals surface area contributed by atoms with Crippen LogP contribution in [0, 0.1) is 0 Å². The Kier molecular flexibility index (Phi) is 4.70. The zero-order valence-electron chi connectivity index (χ0n) is 14.3.